The first kappa shape index (κ1) is 14.1. The molecule has 1 saturated heterocycles. The molecule has 2 rings (SSSR count). The van der Waals surface area contributed by atoms with Crippen LogP contribution in [0.1, 0.15) is 31.1 Å². The van der Waals surface area contributed by atoms with Gasteiger partial charge < -0.3 is 14.7 Å². The standard InChI is InChI=1S/C13H17ClN2O3/c1-8-6-16(7-13(2,3)19-8)11-10(14)9(12(17)18)4-5-15-11/h4-5,8H,6-7H2,1-3H3,(H,17,18). The number of hydrogen-bond donors (Lipinski definition) is 1. The van der Waals surface area contributed by atoms with Gasteiger partial charge in [-0.15, -0.1) is 0 Å². The van der Waals surface area contributed by atoms with Gasteiger partial charge >= 0.3 is 5.97 Å². The maximum absolute atomic E-state index is 11.1. The van der Waals surface area contributed by atoms with Gasteiger partial charge in [-0.05, 0) is 26.8 Å². The van der Waals surface area contributed by atoms with Crippen LogP contribution in [0, 0.1) is 0 Å². The number of carboxylic acids is 1. The highest BCUT2D eigenvalue weighted by Gasteiger charge is 2.33. The minimum absolute atomic E-state index is 0.0371. The second-order valence-corrected chi connectivity index (χ2v) is 5.75. The van der Waals surface area contributed by atoms with Gasteiger partial charge in [-0.2, -0.15) is 0 Å². The number of halogens is 1. The maximum Gasteiger partial charge on any atom is 0.337 e. The number of rotatable bonds is 2. The third kappa shape index (κ3) is 2.98. The van der Waals surface area contributed by atoms with Gasteiger partial charge in [0, 0.05) is 19.3 Å². The first-order valence-electron chi connectivity index (χ1n) is 6.11. The molecule has 1 aliphatic heterocycles. The number of carbonyl (C=O) groups is 1. The number of anilines is 1. The molecule has 19 heavy (non-hydrogen) atoms. The van der Waals surface area contributed by atoms with Crippen molar-refractivity contribution in [2.45, 2.75) is 32.5 Å². The van der Waals surface area contributed by atoms with E-state index in [2.05, 4.69) is 4.98 Å². The average molecular weight is 285 g/mol. The molecule has 1 atom stereocenters. The van der Waals surface area contributed by atoms with Gasteiger partial charge in [0.15, 0.2) is 0 Å². The van der Waals surface area contributed by atoms with Gasteiger partial charge in [0.25, 0.3) is 0 Å². The zero-order valence-corrected chi connectivity index (χ0v) is 11.9. The molecule has 1 aliphatic rings. The molecule has 0 aliphatic carbocycles. The number of morpholine rings is 1. The van der Waals surface area contributed by atoms with Gasteiger partial charge in [0.2, 0.25) is 0 Å². The van der Waals surface area contributed by atoms with Crippen molar-refractivity contribution >= 4 is 23.4 Å². The van der Waals surface area contributed by atoms with Crippen molar-refractivity contribution in [3.63, 3.8) is 0 Å². The minimum Gasteiger partial charge on any atom is -0.478 e. The lowest BCUT2D eigenvalue weighted by atomic mass is 10.1. The van der Waals surface area contributed by atoms with Crippen molar-refractivity contribution in [2.24, 2.45) is 0 Å². The monoisotopic (exact) mass is 284 g/mol. The smallest absolute Gasteiger partial charge is 0.337 e. The minimum atomic E-state index is -1.05. The van der Waals surface area contributed by atoms with Gasteiger partial charge in [0.1, 0.15) is 5.82 Å². The predicted molar refractivity (Wildman–Crippen MR) is 73.0 cm³/mol. The van der Waals surface area contributed by atoms with Crippen LogP contribution in [-0.4, -0.2) is 40.9 Å². The third-order valence-electron chi connectivity index (χ3n) is 2.97. The molecule has 104 valence electrons. The summed E-state index contributed by atoms with van der Waals surface area (Å²) in [6, 6.07) is 1.41. The van der Waals surface area contributed by atoms with E-state index in [1.54, 1.807) is 0 Å². The largest absolute Gasteiger partial charge is 0.478 e. The van der Waals surface area contributed by atoms with Crippen LogP contribution in [0.25, 0.3) is 0 Å². The molecular formula is C13H17ClN2O3. The topological polar surface area (TPSA) is 62.7 Å². The lowest BCUT2D eigenvalue weighted by molar-refractivity contribution is -0.0751. The molecule has 6 heteroatoms. The van der Waals surface area contributed by atoms with E-state index in [1.807, 2.05) is 25.7 Å². The van der Waals surface area contributed by atoms with Crippen molar-refractivity contribution < 1.29 is 14.6 Å². The molecule has 1 N–H and O–H groups in total. The molecule has 0 radical (unpaired) electrons. The van der Waals surface area contributed by atoms with Crippen molar-refractivity contribution in [3.8, 4) is 0 Å². The zero-order chi connectivity index (χ0) is 14.2. The highest BCUT2D eigenvalue weighted by molar-refractivity contribution is 6.35. The Bertz CT molecular complexity index is 505. The van der Waals surface area contributed by atoms with Gasteiger partial charge in [0.05, 0.1) is 22.3 Å². The molecule has 1 aromatic rings. The van der Waals surface area contributed by atoms with E-state index in [0.29, 0.717) is 18.9 Å². The highest BCUT2D eigenvalue weighted by Crippen LogP contribution is 2.31. The third-order valence-corrected chi connectivity index (χ3v) is 3.34. The summed E-state index contributed by atoms with van der Waals surface area (Å²) in [5.74, 6) is -0.543. The SMILES string of the molecule is CC1CN(c2nccc(C(=O)O)c2Cl)CC(C)(C)O1. The van der Waals surface area contributed by atoms with Crippen LogP contribution >= 0.6 is 11.6 Å². The van der Waals surface area contributed by atoms with Gasteiger partial charge in [-0.25, -0.2) is 9.78 Å². The van der Waals surface area contributed by atoms with Gasteiger partial charge in [-0.1, -0.05) is 11.6 Å². The highest BCUT2D eigenvalue weighted by atomic mass is 35.5. The summed E-state index contributed by atoms with van der Waals surface area (Å²) in [6.45, 7) is 7.21. The summed E-state index contributed by atoms with van der Waals surface area (Å²) >= 11 is 6.15. The first-order chi connectivity index (χ1) is 8.80. The number of pyridine rings is 1. The van der Waals surface area contributed by atoms with Crippen LogP contribution in [0.15, 0.2) is 12.3 Å². The van der Waals surface area contributed by atoms with Crippen LogP contribution in [0.4, 0.5) is 5.82 Å². The fraction of sp³-hybridized carbons (Fsp3) is 0.538. The summed E-state index contributed by atoms with van der Waals surface area (Å²) in [5, 5.41) is 9.27. The number of aromatic carboxylic acids is 1. The normalized spacial score (nSPS) is 22.3. The Morgan fingerprint density at radius 2 is 2.32 bits per heavy atom. The second kappa shape index (κ2) is 4.98. The zero-order valence-electron chi connectivity index (χ0n) is 11.2. The first-order valence-corrected chi connectivity index (χ1v) is 6.48. The van der Waals surface area contributed by atoms with Crippen LogP contribution in [0.5, 0.6) is 0 Å². The molecule has 5 nitrogen and oxygen atoms in total. The molecule has 0 saturated carbocycles. The Morgan fingerprint density at radius 1 is 1.63 bits per heavy atom. The summed E-state index contributed by atoms with van der Waals surface area (Å²) in [4.78, 5) is 17.3. The summed E-state index contributed by atoms with van der Waals surface area (Å²) < 4.78 is 5.81. The van der Waals surface area contributed by atoms with E-state index in [4.69, 9.17) is 21.4 Å². The maximum atomic E-state index is 11.1. The molecule has 1 unspecified atom stereocenters. The van der Waals surface area contributed by atoms with E-state index in [0.717, 1.165) is 0 Å². The molecule has 0 amide bonds. The van der Waals surface area contributed by atoms with E-state index in [-0.39, 0.29) is 22.3 Å². The fourth-order valence-corrected chi connectivity index (χ4v) is 2.75. The van der Waals surface area contributed by atoms with Crippen molar-refractivity contribution in [1.29, 1.82) is 0 Å². The Labute approximate surface area is 117 Å². The molecule has 0 spiro atoms. The van der Waals surface area contributed by atoms with Gasteiger partial charge in [-0.3, -0.25) is 0 Å². The molecule has 1 aromatic heterocycles. The predicted octanol–water partition coefficient (Wildman–Crippen LogP) is 2.44. The summed E-state index contributed by atoms with van der Waals surface area (Å²) in [6.07, 6.45) is 1.51. The summed E-state index contributed by atoms with van der Waals surface area (Å²) in [7, 11) is 0. The quantitative estimate of drug-likeness (QED) is 0.904. The number of nitrogens with zero attached hydrogens (tertiary/aromatic N) is 2. The number of ether oxygens (including phenoxy) is 1. The Morgan fingerprint density at radius 3 is 2.89 bits per heavy atom. The van der Waals surface area contributed by atoms with Crippen LogP contribution < -0.4 is 4.90 Å². The molecule has 0 aromatic carbocycles. The van der Waals surface area contributed by atoms with E-state index in [9.17, 15) is 4.79 Å². The molecule has 1 fully saturated rings. The lowest BCUT2D eigenvalue weighted by Gasteiger charge is -2.42. The number of aromatic nitrogens is 1. The van der Waals surface area contributed by atoms with Crippen LogP contribution in [0.2, 0.25) is 5.02 Å². The Hall–Kier alpha value is -1.33. The van der Waals surface area contributed by atoms with E-state index in [1.165, 1.54) is 12.3 Å². The summed E-state index contributed by atoms with van der Waals surface area (Å²) in [5.41, 5.74) is -0.245. The number of carboxylic acid groups (broad SMARTS) is 1. The van der Waals surface area contributed by atoms with Crippen molar-refractivity contribution in [3.05, 3.63) is 22.8 Å². The van der Waals surface area contributed by atoms with E-state index >= 15 is 0 Å². The fourth-order valence-electron chi connectivity index (χ4n) is 2.43. The van der Waals surface area contributed by atoms with Crippen LogP contribution in [0.3, 0.4) is 0 Å². The molecular weight excluding hydrogens is 268 g/mol. The Balaban J connectivity index is 2.36. The lowest BCUT2D eigenvalue weighted by Crippen LogP contribution is -2.52. The van der Waals surface area contributed by atoms with Crippen molar-refractivity contribution in [1.82, 2.24) is 4.98 Å². The number of hydrogen-bond acceptors (Lipinski definition) is 4. The molecule has 2 heterocycles. The van der Waals surface area contributed by atoms with Crippen LogP contribution in [-0.2, 0) is 4.74 Å². The average Bonchev–Trinajstić information content (AvgIpc) is 2.25. The van der Waals surface area contributed by atoms with E-state index < -0.39 is 5.97 Å². The second-order valence-electron chi connectivity index (χ2n) is 5.37. The van der Waals surface area contributed by atoms with Crippen molar-refractivity contribution in [2.75, 3.05) is 18.0 Å². The molecule has 0 bridgehead atoms. The Kier molecular flexibility index (Phi) is 3.69.